The van der Waals surface area contributed by atoms with Gasteiger partial charge < -0.3 is 20.9 Å². The van der Waals surface area contributed by atoms with Gasteiger partial charge in [-0.15, -0.1) is 0 Å². The zero-order valence-electron chi connectivity index (χ0n) is 18.5. The first-order valence-electron chi connectivity index (χ1n) is 11.3. The van der Waals surface area contributed by atoms with E-state index in [1.165, 1.54) is 38.8 Å². The van der Waals surface area contributed by atoms with Crippen LogP contribution < -0.4 is 16.0 Å². The average Bonchev–Trinajstić information content (AvgIpc) is 3.14. The molecule has 1 aliphatic rings. The predicted molar refractivity (Wildman–Crippen MR) is 125 cm³/mol. The smallest absolute Gasteiger partial charge is 0.246 e. The molecule has 0 spiro atoms. The molecule has 0 bridgehead atoms. The van der Waals surface area contributed by atoms with Crippen molar-refractivity contribution in [2.75, 3.05) is 38.5 Å². The first-order valence-corrected chi connectivity index (χ1v) is 11.3. The third-order valence-corrected chi connectivity index (χ3v) is 5.40. The Morgan fingerprint density at radius 1 is 1.13 bits per heavy atom. The number of guanidine groups is 1. The van der Waals surface area contributed by atoms with E-state index in [9.17, 15) is 4.79 Å². The Labute approximate surface area is 185 Å². The lowest BCUT2D eigenvalue weighted by atomic mass is 10.2. The van der Waals surface area contributed by atoms with Crippen molar-refractivity contribution in [2.45, 2.75) is 45.2 Å². The molecule has 2 heterocycles. The summed E-state index contributed by atoms with van der Waals surface area (Å²) in [5.41, 5.74) is 1.85. The normalized spacial score (nSPS) is 15.3. The SMILES string of the molecule is CN=C(NCCCN1CCCCCC1)NCc1cccc(NC(=O)Cn2cccn2)c1. The van der Waals surface area contributed by atoms with Crippen molar-refractivity contribution in [3.8, 4) is 0 Å². The summed E-state index contributed by atoms with van der Waals surface area (Å²) < 4.78 is 1.60. The standard InChI is InChI=1S/C23H35N7O/c1-24-23(25-11-7-15-29-13-4-2-3-5-14-29)26-18-20-9-6-10-21(17-20)28-22(31)19-30-16-8-12-27-30/h6,8-10,12,16-17H,2-5,7,11,13-15,18-19H2,1H3,(H,28,31)(H2,24,25,26). The number of aromatic nitrogens is 2. The van der Waals surface area contributed by atoms with Gasteiger partial charge in [-0.05, 0) is 62.7 Å². The van der Waals surface area contributed by atoms with Gasteiger partial charge in [-0.3, -0.25) is 14.5 Å². The van der Waals surface area contributed by atoms with E-state index in [4.69, 9.17) is 0 Å². The highest BCUT2D eigenvalue weighted by Crippen LogP contribution is 2.11. The lowest BCUT2D eigenvalue weighted by Gasteiger charge is -2.20. The van der Waals surface area contributed by atoms with Crippen molar-refractivity contribution in [3.05, 3.63) is 48.3 Å². The zero-order valence-corrected chi connectivity index (χ0v) is 18.5. The number of nitrogens with one attached hydrogen (secondary N) is 3. The molecule has 8 nitrogen and oxygen atoms in total. The minimum absolute atomic E-state index is 0.101. The molecule has 1 aliphatic heterocycles. The van der Waals surface area contributed by atoms with Crippen LogP contribution in [-0.2, 0) is 17.9 Å². The Morgan fingerprint density at radius 2 is 1.97 bits per heavy atom. The Bertz CT molecular complexity index is 811. The monoisotopic (exact) mass is 425 g/mol. The van der Waals surface area contributed by atoms with Crippen LogP contribution in [0, 0.1) is 0 Å². The molecule has 31 heavy (non-hydrogen) atoms. The van der Waals surface area contributed by atoms with Crippen LogP contribution in [0.2, 0.25) is 0 Å². The van der Waals surface area contributed by atoms with Crippen LogP contribution in [0.3, 0.4) is 0 Å². The highest BCUT2D eigenvalue weighted by molar-refractivity contribution is 5.90. The van der Waals surface area contributed by atoms with Crippen LogP contribution in [0.15, 0.2) is 47.7 Å². The van der Waals surface area contributed by atoms with E-state index < -0.39 is 0 Å². The summed E-state index contributed by atoms with van der Waals surface area (Å²) in [6.45, 7) is 5.35. The number of aliphatic imine (C=N–C) groups is 1. The van der Waals surface area contributed by atoms with Gasteiger partial charge in [-0.25, -0.2) is 0 Å². The molecular weight excluding hydrogens is 390 g/mol. The van der Waals surface area contributed by atoms with E-state index in [-0.39, 0.29) is 12.5 Å². The Morgan fingerprint density at radius 3 is 2.71 bits per heavy atom. The molecule has 1 fully saturated rings. The largest absolute Gasteiger partial charge is 0.356 e. The van der Waals surface area contributed by atoms with E-state index in [1.54, 1.807) is 30.2 Å². The summed E-state index contributed by atoms with van der Waals surface area (Å²) in [6, 6.07) is 9.64. The Hall–Kier alpha value is -2.87. The van der Waals surface area contributed by atoms with Gasteiger partial charge in [0.05, 0.1) is 0 Å². The summed E-state index contributed by atoms with van der Waals surface area (Å²) in [4.78, 5) is 19.1. The summed E-state index contributed by atoms with van der Waals surface area (Å²) >= 11 is 0. The number of hydrogen-bond donors (Lipinski definition) is 3. The lowest BCUT2D eigenvalue weighted by molar-refractivity contribution is -0.116. The summed E-state index contributed by atoms with van der Waals surface area (Å²) in [5, 5.41) is 13.7. The zero-order chi connectivity index (χ0) is 21.7. The van der Waals surface area contributed by atoms with Crippen molar-refractivity contribution < 1.29 is 4.79 Å². The van der Waals surface area contributed by atoms with Crippen molar-refractivity contribution >= 4 is 17.6 Å². The molecule has 0 radical (unpaired) electrons. The van der Waals surface area contributed by atoms with E-state index in [0.717, 1.165) is 36.7 Å². The van der Waals surface area contributed by atoms with Gasteiger partial charge in [0.1, 0.15) is 6.54 Å². The summed E-state index contributed by atoms with van der Waals surface area (Å²) in [7, 11) is 1.79. The van der Waals surface area contributed by atoms with Crippen molar-refractivity contribution in [2.24, 2.45) is 4.99 Å². The maximum Gasteiger partial charge on any atom is 0.246 e. The maximum atomic E-state index is 12.2. The van der Waals surface area contributed by atoms with Crippen LogP contribution in [0.25, 0.3) is 0 Å². The molecule has 3 rings (SSSR count). The molecule has 168 valence electrons. The number of hydrogen-bond acceptors (Lipinski definition) is 4. The number of rotatable bonds is 9. The fourth-order valence-electron chi connectivity index (χ4n) is 3.78. The second kappa shape index (κ2) is 12.7. The molecule has 0 atom stereocenters. The summed E-state index contributed by atoms with van der Waals surface area (Å²) in [5.74, 6) is 0.694. The van der Waals surface area contributed by atoms with Gasteiger partial charge in [-0.1, -0.05) is 25.0 Å². The number of benzene rings is 1. The highest BCUT2D eigenvalue weighted by atomic mass is 16.2. The van der Waals surface area contributed by atoms with Gasteiger partial charge in [0.15, 0.2) is 5.96 Å². The molecule has 1 saturated heterocycles. The van der Waals surface area contributed by atoms with Crippen molar-refractivity contribution in [1.82, 2.24) is 25.3 Å². The van der Waals surface area contributed by atoms with Gasteiger partial charge in [0.2, 0.25) is 5.91 Å². The van der Waals surface area contributed by atoms with Crippen LogP contribution >= 0.6 is 0 Å². The van der Waals surface area contributed by atoms with E-state index in [2.05, 4.69) is 30.9 Å². The van der Waals surface area contributed by atoms with E-state index in [0.29, 0.717) is 6.54 Å². The van der Waals surface area contributed by atoms with Crippen molar-refractivity contribution in [1.29, 1.82) is 0 Å². The quantitative estimate of drug-likeness (QED) is 0.326. The first kappa shape index (κ1) is 22.8. The van der Waals surface area contributed by atoms with Crippen LogP contribution in [0.5, 0.6) is 0 Å². The number of anilines is 1. The van der Waals surface area contributed by atoms with Crippen LogP contribution in [-0.4, -0.2) is 59.8 Å². The molecule has 8 heteroatoms. The Balaban J connectivity index is 1.37. The maximum absolute atomic E-state index is 12.2. The highest BCUT2D eigenvalue weighted by Gasteiger charge is 2.08. The molecule has 3 N–H and O–H groups in total. The predicted octanol–water partition coefficient (Wildman–Crippen LogP) is 2.45. The molecule has 1 amide bonds. The Kier molecular flexibility index (Phi) is 9.37. The minimum atomic E-state index is -0.101. The van der Waals surface area contributed by atoms with Crippen LogP contribution in [0.1, 0.15) is 37.7 Å². The third-order valence-electron chi connectivity index (χ3n) is 5.40. The second-order valence-corrected chi connectivity index (χ2v) is 7.91. The van der Waals surface area contributed by atoms with Crippen molar-refractivity contribution in [3.63, 3.8) is 0 Å². The molecule has 0 unspecified atom stereocenters. The number of likely N-dealkylation sites (tertiary alicyclic amines) is 1. The molecule has 1 aromatic carbocycles. The van der Waals surface area contributed by atoms with Gasteiger partial charge >= 0.3 is 0 Å². The number of carbonyl (C=O) groups is 1. The number of amides is 1. The fourth-order valence-corrected chi connectivity index (χ4v) is 3.78. The lowest BCUT2D eigenvalue weighted by Crippen LogP contribution is -2.38. The minimum Gasteiger partial charge on any atom is -0.356 e. The number of nitrogens with zero attached hydrogens (tertiary/aromatic N) is 4. The van der Waals surface area contributed by atoms with E-state index >= 15 is 0 Å². The topological polar surface area (TPSA) is 86.6 Å². The first-order chi connectivity index (χ1) is 15.2. The second-order valence-electron chi connectivity index (χ2n) is 7.91. The third kappa shape index (κ3) is 8.41. The molecule has 2 aromatic rings. The fraction of sp³-hybridized carbons (Fsp3) is 0.522. The van der Waals surface area contributed by atoms with E-state index in [1.807, 2.05) is 24.3 Å². The molecule has 0 aliphatic carbocycles. The molecule has 0 saturated carbocycles. The van der Waals surface area contributed by atoms with Gasteiger partial charge in [0, 0.05) is 38.2 Å². The average molecular weight is 426 g/mol. The van der Waals surface area contributed by atoms with Crippen LogP contribution in [0.4, 0.5) is 5.69 Å². The summed E-state index contributed by atoms with van der Waals surface area (Å²) in [6.07, 6.45) is 9.96. The van der Waals surface area contributed by atoms with Gasteiger partial charge in [0.25, 0.3) is 0 Å². The van der Waals surface area contributed by atoms with Gasteiger partial charge in [-0.2, -0.15) is 5.10 Å². The number of carbonyl (C=O) groups excluding carboxylic acids is 1. The molecular formula is C23H35N7O. The molecule has 1 aromatic heterocycles.